The molecule has 0 atom stereocenters. The van der Waals surface area contributed by atoms with Gasteiger partial charge in [0.05, 0.1) is 7.11 Å². The number of anilines is 1. The van der Waals surface area contributed by atoms with Crippen molar-refractivity contribution in [2.45, 2.75) is 65.2 Å². The van der Waals surface area contributed by atoms with Crippen molar-refractivity contribution in [3.8, 4) is 5.75 Å². The molecule has 1 aromatic carbocycles. The molecular formula is C20H34N2OS. The highest BCUT2D eigenvalue weighted by atomic mass is 32.1. The van der Waals surface area contributed by atoms with Crippen LogP contribution in [-0.2, 0) is 0 Å². The highest BCUT2D eigenvalue weighted by Crippen LogP contribution is 2.16. The van der Waals surface area contributed by atoms with E-state index < -0.39 is 0 Å². The molecule has 0 unspecified atom stereocenters. The minimum absolute atomic E-state index is 0.841. The molecule has 0 bridgehead atoms. The number of nitrogens with zero attached hydrogens (tertiary/aromatic N) is 1. The zero-order valence-electron chi connectivity index (χ0n) is 15.6. The summed E-state index contributed by atoms with van der Waals surface area (Å²) in [5.41, 5.74) is 1.02. The Morgan fingerprint density at radius 1 is 0.917 bits per heavy atom. The van der Waals surface area contributed by atoms with Crippen LogP contribution in [0.2, 0.25) is 0 Å². The third kappa shape index (κ3) is 8.53. The van der Waals surface area contributed by atoms with E-state index in [2.05, 4.69) is 24.1 Å². The summed E-state index contributed by atoms with van der Waals surface area (Å²) in [6.45, 7) is 6.60. The molecule has 1 rings (SSSR count). The lowest BCUT2D eigenvalue weighted by atomic mass is 10.2. The average molecular weight is 351 g/mol. The van der Waals surface area contributed by atoms with Crippen molar-refractivity contribution >= 4 is 23.0 Å². The van der Waals surface area contributed by atoms with E-state index in [9.17, 15) is 0 Å². The number of benzene rings is 1. The minimum Gasteiger partial charge on any atom is -0.497 e. The van der Waals surface area contributed by atoms with Crippen LogP contribution in [0.1, 0.15) is 65.2 Å². The number of ether oxygens (including phenoxy) is 1. The molecule has 0 fully saturated rings. The molecule has 0 spiro atoms. The molecule has 136 valence electrons. The average Bonchev–Trinajstić information content (AvgIpc) is 2.61. The van der Waals surface area contributed by atoms with Gasteiger partial charge in [0, 0.05) is 18.8 Å². The molecule has 4 heteroatoms. The van der Waals surface area contributed by atoms with Crippen molar-refractivity contribution in [2.24, 2.45) is 0 Å². The Balaban J connectivity index is 2.52. The fourth-order valence-electron chi connectivity index (χ4n) is 2.65. The first-order valence-corrected chi connectivity index (χ1v) is 9.82. The van der Waals surface area contributed by atoms with Crippen molar-refractivity contribution in [2.75, 3.05) is 25.5 Å². The van der Waals surface area contributed by atoms with Gasteiger partial charge in [-0.3, -0.25) is 0 Å². The summed E-state index contributed by atoms with van der Waals surface area (Å²) in [6, 6.07) is 7.94. The number of hydrogen-bond acceptors (Lipinski definition) is 2. The van der Waals surface area contributed by atoms with Gasteiger partial charge in [-0.2, -0.15) is 0 Å². The van der Waals surface area contributed by atoms with Crippen LogP contribution in [0.5, 0.6) is 5.75 Å². The highest BCUT2D eigenvalue weighted by Gasteiger charge is 2.09. The normalized spacial score (nSPS) is 10.5. The maximum atomic E-state index is 5.66. The van der Waals surface area contributed by atoms with Gasteiger partial charge in [-0.25, -0.2) is 0 Å². The van der Waals surface area contributed by atoms with Gasteiger partial charge in [-0.05, 0) is 49.3 Å². The Morgan fingerprint density at radius 2 is 1.46 bits per heavy atom. The van der Waals surface area contributed by atoms with Gasteiger partial charge in [-0.15, -0.1) is 0 Å². The lowest BCUT2D eigenvalue weighted by Gasteiger charge is -2.26. The number of methoxy groups -OCH3 is 1. The molecule has 1 aromatic rings. The first kappa shape index (κ1) is 20.8. The predicted molar refractivity (Wildman–Crippen MR) is 109 cm³/mol. The van der Waals surface area contributed by atoms with Crippen molar-refractivity contribution in [3.63, 3.8) is 0 Å². The van der Waals surface area contributed by atoms with Crippen LogP contribution in [0.25, 0.3) is 0 Å². The number of rotatable bonds is 12. The fourth-order valence-corrected chi connectivity index (χ4v) is 2.95. The zero-order chi connectivity index (χ0) is 17.6. The molecule has 0 aliphatic heterocycles. The molecule has 0 heterocycles. The standard InChI is InChI=1S/C20H34N2OS/c1-4-6-8-10-16-22(17-11-9-7-5-2)20(24)21-18-12-14-19(23-3)15-13-18/h12-15H,4-11,16-17H2,1-3H3,(H,21,24). The molecule has 0 aliphatic carbocycles. The molecule has 24 heavy (non-hydrogen) atoms. The van der Waals surface area contributed by atoms with Crippen molar-refractivity contribution in [3.05, 3.63) is 24.3 Å². The van der Waals surface area contributed by atoms with Gasteiger partial charge in [0.1, 0.15) is 5.75 Å². The second kappa shape index (κ2) is 13.1. The van der Waals surface area contributed by atoms with Gasteiger partial charge in [0.2, 0.25) is 0 Å². The Kier molecular flexibility index (Phi) is 11.3. The van der Waals surface area contributed by atoms with Gasteiger partial charge in [-0.1, -0.05) is 52.4 Å². The predicted octanol–water partition coefficient (Wildman–Crippen LogP) is 5.85. The summed E-state index contributed by atoms with van der Waals surface area (Å²) in [4.78, 5) is 2.34. The minimum atomic E-state index is 0.841. The van der Waals surface area contributed by atoms with E-state index in [1.807, 2.05) is 24.3 Å². The molecule has 1 N–H and O–H groups in total. The molecule has 0 aliphatic rings. The third-order valence-corrected chi connectivity index (χ3v) is 4.55. The molecule has 0 saturated carbocycles. The van der Waals surface area contributed by atoms with E-state index >= 15 is 0 Å². The number of hydrogen-bond donors (Lipinski definition) is 1. The number of unbranched alkanes of at least 4 members (excludes halogenated alkanes) is 6. The van der Waals surface area contributed by atoms with Gasteiger partial charge in [0.25, 0.3) is 0 Å². The van der Waals surface area contributed by atoms with E-state index in [1.165, 1.54) is 51.4 Å². The summed E-state index contributed by atoms with van der Waals surface area (Å²) < 4.78 is 5.20. The Hall–Kier alpha value is -1.29. The SMILES string of the molecule is CCCCCCN(CCCCCC)C(=S)Nc1ccc(OC)cc1. The van der Waals surface area contributed by atoms with Gasteiger partial charge >= 0.3 is 0 Å². The zero-order valence-corrected chi connectivity index (χ0v) is 16.5. The second-order valence-corrected chi connectivity index (χ2v) is 6.65. The van der Waals surface area contributed by atoms with Crippen LogP contribution in [0, 0.1) is 0 Å². The molecule has 0 amide bonds. The summed E-state index contributed by atoms with van der Waals surface area (Å²) >= 11 is 5.66. The van der Waals surface area contributed by atoms with Gasteiger partial charge in [0.15, 0.2) is 5.11 Å². The number of thiocarbonyl (C=S) groups is 1. The molecular weight excluding hydrogens is 316 g/mol. The van der Waals surface area contributed by atoms with Gasteiger partial charge < -0.3 is 15.0 Å². The van der Waals surface area contributed by atoms with Crippen molar-refractivity contribution < 1.29 is 4.74 Å². The first-order chi connectivity index (χ1) is 11.7. The van der Waals surface area contributed by atoms with Crippen LogP contribution in [0.4, 0.5) is 5.69 Å². The lowest BCUT2D eigenvalue weighted by Crippen LogP contribution is -2.36. The second-order valence-electron chi connectivity index (χ2n) is 6.27. The maximum Gasteiger partial charge on any atom is 0.173 e. The van der Waals surface area contributed by atoms with Crippen LogP contribution in [0.15, 0.2) is 24.3 Å². The largest absolute Gasteiger partial charge is 0.497 e. The Labute approximate surface area is 153 Å². The Morgan fingerprint density at radius 3 is 1.92 bits per heavy atom. The van der Waals surface area contributed by atoms with E-state index in [1.54, 1.807) is 7.11 Å². The van der Waals surface area contributed by atoms with Crippen LogP contribution in [-0.4, -0.2) is 30.2 Å². The summed E-state index contributed by atoms with van der Waals surface area (Å²) in [5, 5.41) is 4.22. The van der Waals surface area contributed by atoms with Crippen molar-refractivity contribution in [1.82, 2.24) is 4.90 Å². The monoisotopic (exact) mass is 350 g/mol. The maximum absolute atomic E-state index is 5.66. The molecule has 0 aromatic heterocycles. The van der Waals surface area contributed by atoms with E-state index in [0.29, 0.717) is 0 Å². The quantitative estimate of drug-likeness (QED) is 0.377. The first-order valence-electron chi connectivity index (χ1n) is 9.41. The number of nitrogens with one attached hydrogen (secondary N) is 1. The van der Waals surface area contributed by atoms with Crippen LogP contribution < -0.4 is 10.1 Å². The summed E-state index contributed by atoms with van der Waals surface area (Å²) in [6.07, 6.45) is 10.2. The van der Waals surface area contributed by atoms with Crippen LogP contribution >= 0.6 is 12.2 Å². The van der Waals surface area contributed by atoms with Crippen LogP contribution in [0.3, 0.4) is 0 Å². The van der Waals surface area contributed by atoms with E-state index in [0.717, 1.165) is 29.6 Å². The van der Waals surface area contributed by atoms with Crippen molar-refractivity contribution in [1.29, 1.82) is 0 Å². The van der Waals surface area contributed by atoms with E-state index in [-0.39, 0.29) is 0 Å². The summed E-state index contributed by atoms with van der Waals surface area (Å²) in [5.74, 6) is 0.863. The highest BCUT2D eigenvalue weighted by molar-refractivity contribution is 7.80. The molecule has 0 saturated heterocycles. The van der Waals surface area contributed by atoms with E-state index in [4.69, 9.17) is 17.0 Å². The third-order valence-electron chi connectivity index (χ3n) is 4.19. The summed E-state index contributed by atoms with van der Waals surface area (Å²) in [7, 11) is 1.68. The fraction of sp³-hybridized carbons (Fsp3) is 0.650. The topological polar surface area (TPSA) is 24.5 Å². The smallest absolute Gasteiger partial charge is 0.173 e. The Bertz CT molecular complexity index is 435. The molecule has 0 radical (unpaired) electrons. The molecule has 3 nitrogen and oxygen atoms in total. The lowest BCUT2D eigenvalue weighted by molar-refractivity contribution is 0.391.